The summed E-state index contributed by atoms with van der Waals surface area (Å²) < 4.78 is 11.3. The molecule has 22 heavy (non-hydrogen) atoms. The fourth-order valence-corrected chi connectivity index (χ4v) is 2.53. The van der Waals surface area contributed by atoms with Gasteiger partial charge in [0.1, 0.15) is 5.52 Å². The summed E-state index contributed by atoms with van der Waals surface area (Å²) in [6.07, 6.45) is 1.60. The Balaban J connectivity index is 1.78. The molecule has 6 nitrogen and oxygen atoms in total. The van der Waals surface area contributed by atoms with Gasteiger partial charge < -0.3 is 14.3 Å². The summed E-state index contributed by atoms with van der Waals surface area (Å²) in [5.74, 6) is 0.516. The van der Waals surface area contributed by atoms with E-state index in [4.69, 9.17) is 9.15 Å². The van der Waals surface area contributed by atoms with Gasteiger partial charge in [-0.1, -0.05) is 12.1 Å². The van der Waals surface area contributed by atoms with Crippen molar-refractivity contribution in [1.29, 1.82) is 0 Å². The molecule has 0 atom stereocenters. The van der Waals surface area contributed by atoms with Crippen LogP contribution in [0, 0.1) is 3.57 Å². The Morgan fingerprint density at radius 2 is 2.18 bits per heavy atom. The molecule has 0 unspecified atom stereocenters. The minimum absolute atomic E-state index is 0.118. The highest BCUT2D eigenvalue weighted by atomic mass is 127. The number of rotatable bonds is 4. The number of fused-ring (bicyclic) bond motifs is 1. The lowest BCUT2D eigenvalue weighted by atomic mass is 10.2. The third-order valence-corrected chi connectivity index (χ3v) is 3.76. The molecule has 0 saturated carbocycles. The molecule has 3 rings (SSSR count). The molecule has 7 heteroatoms. The Kier molecular flexibility index (Phi) is 4.14. The van der Waals surface area contributed by atoms with Crippen molar-refractivity contribution in [2.45, 2.75) is 0 Å². The van der Waals surface area contributed by atoms with Crippen LogP contribution in [0.2, 0.25) is 0 Å². The standard InChI is InChI=1S/C15H12IN3O3/c1-21-13-7-9(6-10(16)14(13)20)8-17-19-15-18-11-4-2-3-5-12(11)22-15/h2-8,20H,1H3,(H,18,19). The number of anilines is 1. The SMILES string of the molecule is COc1cc(C=NNc2nc3ccccc3o2)cc(I)c1O. The number of nitrogens with one attached hydrogen (secondary N) is 1. The summed E-state index contributed by atoms with van der Waals surface area (Å²) in [6.45, 7) is 0. The van der Waals surface area contributed by atoms with Gasteiger partial charge in [-0.15, -0.1) is 0 Å². The monoisotopic (exact) mass is 409 g/mol. The number of benzene rings is 2. The van der Waals surface area contributed by atoms with E-state index in [1.807, 2.05) is 46.9 Å². The quantitative estimate of drug-likeness (QED) is 0.391. The van der Waals surface area contributed by atoms with Gasteiger partial charge in [-0.25, -0.2) is 5.43 Å². The number of phenolic OH excluding ortho intramolecular Hbond substituents is 1. The van der Waals surface area contributed by atoms with Crippen LogP contribution < -0.4 is 10.2 Å². The van der Waals surface area contributed by atoms with Crippen molar-refractivity contribution >= 4 is 45.9 Å². The molecule has 0 saturated heterocycles. The van der Waals surface area contributed by atoms with E-state index in [0.717, 1.165) is 11.1 Å². The molecule has 0 bridgehead atoms. The maximum absolute atomic E-state index is 9.79. The second kappa shape index (κ2) is 6.22. The lowest BCUT2D eigenvalue weighted by Gasteiger charge is -2.06. The number of phenols is 1. The molecule has 0 aliphatic heterocycles. The Labute approximate surface area is 139 Å². The highest BCUT2D eigenvalue weighted by Gasteiger charge is 2.07. The molecule has 0 radical (unpaired) electrons. The van der Waals surface area contributed by atoms with Crippen LogP contribution in [0.4, 0.5) is 6.01 Å². The van der Waals surface area contributed by atoms with Gasteiger partial charge in [-0.3, -0.25) is 0 Å². The zero-order valence-electron chi connectivity index (χ0n) is 11.6. The number of hydrogen-bond donors (Lipinski definition) is 2. The fourth-order valence-electron chi connectivity index (χ4n) is 1.91. The highest BCUT2D eigenvalue weighted by molar-refractivity contribution is 14.1. The number of methoxy groups -OCH3 is 1. The molecule has 112 valence electrons. The maximum Gasteiger partial charge on any atom is 0.316 e. The van der Waals surface area contributed by atoms with Crippen LogP contribution in [0.15, 0.2) is 45.9 Å². The van der Waals surface area contributed by atoms with Crippen molar-refractivity contribution in [2.24, 2.45) is 5.10 Å². The van der Waals surface area contributed by atoms with E-state index in [-0.39, 0.29) is 5.75 Å². The van der Waals surface area contributed by atoms with Gasteiger partial charge in [-0.2, -0.15) is 10.1 Å². The van der Waals surface area contributed by atoms with Gasteiger partial charge in [0, 0.05) is 0 Å². The number of aromatic nitrogens is 1. The van der Waals surface area contributed by atoms with Crippen LogP contribution in [0.25, 0.3) is 11.1 Å². The van der Waals surface area contributed by atoms with Crippen molar-refractivity contribution < 1.29 is 14.3 Å². The van der Waals surface area contributed by atoms with E-state index in [9.17, 15) is 5.11 Å². The minimum Gasteiger partial charge on any atom is -0.504 e. The number of hydrogen-bond acceptors (Lipinski definition) is 6. The zero-order chi connectivity index (χ0) is 15.5. The van der Waals surface area contributed by atoms with Crippen LogP contribution in [0.5, 0.6) is 11.5 Å². The van der Waals surface area contributed by atoms with E-state index in [1.54, 1.807) is 18.3 Å². The lowest BCUT2D eigenvalue weighted by Crippen LogP contribution is -1.93. The number of aromatic hydroxyl groups is 1. The van der Waals surface area contributed by atoms with E-state index >= 15 is 0 Å². The van der Waals surface area contributed by atoms with Gasteiger partial charge in [0.25, 0.3) is 0 Å². The Morgan fingerprint density at radius 3 is 2.95 bits per heavy atom. The number of ether oxygens (including phenoxy) is 1. The minimum atomic E-state index is 0.118. The third kappa shape index (κ3) is 2.98. The molecule has 0 amide bonds. The van der Waals surface area contributed by atoms with Crippen LogP contribution in [-0.2, 0) is 0 Å². The molecule has 0 aliphatic rings. The molecule has 3 aromatic rings. The van der Waals surface area contributed by atoms with E-state index in [2.05, 4.69) is 15.5 Å². The topological polar surface area (TPSA) is 79.9 Å². The molecule has 1 aromatic heterocycles. The molecule has 2 aromatic carbocycles. The van der Waals surface area contributed by atoms with E-state index < -0.39 is 0 Å². The van der Waals surface area contributed by atoms with Crippen molar-refractivity contribution in [2.75, 3.05) is 12.5 Å². The molecule has 0 fully saturated rings. The molecule has 1 heterocycles. The van der Waals surface area contributed by atoms with Crippen LogP contribution in [0.1, 0.15) is 5.56 Å². The normalized spacial score (nSPS) is 11.2. The van der Waals surface area contributed by atoms with Gasteiger partial charge in [-0.05, 0) is 52.4 Å². The average molecular weight is 409 g/mol. The first kappa shape index (κ1) is 14.6. The first-order chi connectivity index (χ1) is 10.7. The van der Waals surface area contributed by atoms with Gasteiger partial charge in [0.05, 0.1) is 16.9 Å². The number of hydrazone groups is 1. The summed E-state index contributed by atoms with van der Waals surface area (Å²) >= 11 is 2.03. The van der Waals surface area contributed by atoms with Gasteiger partial charge in [0.15, 0.2) is 17.1 Å². The summed E-state index contributed by atoms with van der Waals surface area (Å²) in [5.41, 5.74) is 4.98. The number of nitrogens with zero attached hydrogens (tertiary/aromatic N) is 2. The number of oxazole rings is 1. The third-order valence-electron chi connectivity index (χ3n) is 2.94. The molecular weight excluding hydrogens is 397 g/mol. The molecule has 2 N–H and O–H groups in total. The zero-order valence-corrected chi connectivity index (χ0v) is 13.7. The van der Waals surface area contributed by atoms with E-state index in [0.29, 0.717) is 20.9 Å². The largest absolute Gasteiger partial charge is 0.504 e. The second-order valence-electron chi connectivity index (χ2n) is 4.41. The predicted octanol–water partition coefficient (Wildman–Crippen LogP) is 3.59. The predicted molar refractivity (Wildman–Crippen MR) is 92.6 cm³/mol. The highest BCUT2D eigenvalue weighted by Crippen LogP contribution is 2.31. The van der Waals surface area contributed by atoms with Crippen LogP contribution in [0.3, 0.4) is 0 Å². The Morgan fingerprint density at radius 1 is 1.36 bits per heavy atom. The Hall–Kier alpha value is -2.29. The summed E-state index contributed by atoms with van der Waals surface area (Å²) in [7, 11) is 1.50. The van der Waals surface area contributed by atoms with Gasteiger partial charge >= 0.3 is 6.01 Å². The van der Waals surface area contributed by atoms with Crippen LogP contribution >= 0.6 is 22.6 Å². The molecule has 0 spiro atoms. The van der Waals surface area contributed by atoms with Crippen LogP contribution in [-0.4, -0.2) is 23.4 Å². The maximum atomic E-state index is 9.79. The van der Waals surface area contributed by atoms with Crippen molar-refractivity contribution in [3.05, 3.63) is 45.5 Å². The smallest absolute Gasteiger partial charge is 0.316 e. The second-order valence-corrected chi connectivity index (χ2v) is 5.57. The molecular formula is C15H12IN3O3. The summed E-state index contributed by atoms with van der Waals surface area (Å²) in [5, 5.41) is 13.9. The van der Waals surface area contributed by atoms with E-state index in [1.165, 1.54) is 7.11 Å². The first-order valence-corrected chi connectivity index (χ1v) is 7.46. The van der Waals surface area contributed by atoms with Crippen molar-refractivity contribution in [3.8, 4) is 11.5 Å². The Bertz CT molecular complexity index is 812. The lowest BCUT2D eigenvalue weighted by molar-refractivity contribution is 0.371. The van der Waals surface area contributed by atoms with Crippen molar-refractivity contribution in [3.63, 3.8) is 0 Å². The number of halogens is 1. The van der Waals surface area contributed by atoms with Gasteiger partial charge in [0.2, 0.25) is 0 Å². The summed E-state index contributed by atoms with van der Waals surface area (Å²) in [4.78, 5) is 4.25. The average Bonchev–Trinajstić information content (AvgIpc) is 2.93. The molecule has 0 aliphatic carbocycles. The summed E-state index contributed by atoms with van der Waals surface area (Å²) in [6, 6.07) is 11.3. The number of para-hydroxylation sites is 2. The van der Waals surface area contributed by atoms with Crippen molar-refractivity contribution in [1.82, 2.24) is 4.98 Å². The fraction of sp³-hybridized carbons (Fsp3) is 0.0667. The first-order valence-electron chi connectivity index (χ1n) is 6.38.